The number of benzene rings is 1. The predicted molar refractivity (Wildman–Crippen MR) is 91.2 cm³/mol. The third-order valence-corrected chi connectivity index (χ3v) is 5.11. The van der Waals surface area contributed by atoms with E-state index in [1.807, 2.05) is 30.5 Å². The number of carbonyl (C=O) groups is 1. The van der Waals surface area contributed by atoms with Crippen LogP contribution < -0.4 is 10.1 Å². The number of para-hydroxylation sites is 1. The van der Waals surface area contributed by atoms with E-state index in [0.717, 1.165) is 36.5 Å². The zero-order valence-corrected chi connectivity index (χ0v) is 14.0. The third kappa shape index (κ3) is 2.90. The summed E-state index contributed by atoms with van der Waals surface area (Å²) in [7, 11) is 0. The van der Waals surface area contributed by atoms with E-state index in [2.05, 4.69) is 21.8 Å². The molecular weight excluding hydrogens is 302 g/mol. The van der Waals surface area contributed by atoms with Crippen LogP contribution in [0.3, 0.4) is 0 Å². The van der Waals surface area contributed by atoms with Crippen molar-refractivity contribution < 1.29 is 9.53 Å². The smallest absolute Gasteiger partial charge is 0.271 e. The molecule has 2 aromatic rings. The topological polar surface area (TPSA) is 56.1 Å². The van der Waals surface area contributed by atoms with Crippen molar-refractivity contribution in [3.8, 4) is 5.75 Å². The first kappa shape index (κ1) is 15.2. The minimum atomic E-state index is -0.0991. The maximum absolute atomic E-state index is 12.6. The minimum Gasteiger partial charge on any atom is -0.491 e. The van der Waals surface area contributed by atoms with Gasteiger partial charge in [0.25, 0.3) is 5.91 Å². The SMILES string of the molecule is CCC1CCc2nc(C(=O)NC3COc4ccccc4C3)cn2C1. The van der Waals surface area contributed by atoms with Crippen LogP contribution in [0.5, 0.6) is 5.75 Å². The fourth-order valence-corrected chi connectivity index (χ4v) is 3.64. The Hall–Kier alpha value is -2.30. The Morgan fingerprint density at radius 3 is 3.17 bits per heavy atom. The van der Waals surface area contributed by atoms with Crippen LogP contribution in [0.15, 0.2) is 30.5 Å². The largest absolute Gasteiger partial charge is 0.491 e. The van der Waals surface area contributed by atoms with Crippen molar-refractivity contribution in [2.75, 3.05) is 6.61 Å². The van der Waals surface area contributed by atoms with Crippen LogP contribution >= 0.6 is 0 Å². The molecule has 2 atom stereocenters. The fraction of sp³-hybridized carbons (Fsp3) is 0.474. The Labute approximate surface area is 142 Å². The van der Waals surface area contributed by atoms with Gasteiger partial charge in [-0.2, -0.15) is 0 Å². The number of aromatic nitrogens is 2. The van der Waals surface area contributed by atoms with Gasteiger partial charge in [-0.15, -0.1) is 0 Å². The summed E-state index contributed by atoms with van der Waals surface area (Å²) in [6.07, 6.45) is 6.02. The highest BCUT2D eigenvalue weighted by molar-refractivity contribution is 5.92. The molecule has 126 valence electrons. The fourth-order valence-electron chi connectivity index (χ4n) is 3.64. The Balaban J connectivity index is 1.43. The van der Waals surface area contributed by atoms with Crippen molar-refractivity contribution in [2.24, 2.45) is 5.92 Å². The first-order chi connectivity index (χ1) is 11.7. The molecule has 2 aliphatic heterocycles. The van der Waals surface area contributed by atoms with Crippen LogP contribution in [0.25, 0.3) is 0 Å². The zero-order chi connectivity index (χ0) is 16.5. The van der Waals surface area contributed by atoms with E-state index in [0.29, 0.717) is 18.2 Å². The van der Waals surface area contributed by atoms with Crippen LogP contribution in [0.2, 0.25) is 0 Å². The van der Waals surface area contributed by atoms with Crippen LogP contribution in [0.4, 0.5) is 0 Å². The molecule has 24 heavy (non-hydrogen) atoms. The quantitative estimate of drug-likeness (QED) is 0.944. The molecule has 0 aliphatic carbocycles. The molecule has 5 nitrogen and oxygen atoms in total. The molecular formula is C19H23N3O2. The van der Waals surface area contributed by atoms with Gasteiger partial charge in [0, 0.05) is 19.2 Å². The first-order valence-corrected chi connectivity index (χ1v) is 8.80. The second kappa shape index (κ2) is 6.30. The molecule has 0 spiro atoms. The molecule has 5 heteroatoms. The summed E-state index contributed by atoms with van der Waals surface area (Å²) in [5.74, 6) is 2.56. The van der Waals surface area contributed by atoms with Crippen LogP contribution in [-0.4, -0.2) is 28.1 Å². The summed E-state index contributed by atoms with van der Waals surface area (Å²) >= 11 is 0. The molecule has 0 radical (unpaired) electrons. The van der Waals surface area contributed by atoms with Gasteiger partial charge in [-0.3, -0.25) is 4.79 Å². The van der Waals surface area contributed by atoms with E-state index >= 15 is 0 Å². The number of rotatable bonds is 3. The molecule has 4 rings (SSSR count). The van der Waals surface area contributed by atoms with Crippen LogP contribution in [0.1, 0.15) is 41.6 Å². The zero-order valence-electron chi connectivity index (χ0n) is 14.0. The number of aryl methyl sites for hydroxylation is 1. The van der Waals surface area contributed by atoms with Gasteiger partial charge in [-0.1, -0.05) is 31.5 Å². The lowest BCUT2D eigenvalue weighted by atomic mass is 9.97. The second-order valence-electron chi connectivity index (χ2n) is 6.80. The van der Waals surface area contributed by atoms with Crippen LogP contribution in [-0.2, 0) is 19.4 Å². The number of nitrogens with zero attached hydrogens (tertiary/aromatic N) is 2. The van der Waals surface area contributed by atoms with Gasteiger partial charge < -0.3 is 14.6 Å². The Kier molecular flexibility index (Phi) is 4.00. The number of hydrogen-bond acceptors (Lipinski definition) is 3. The van der Waals surface area contributed by atoms with E-state index in [-0.39, 0.29) is 11.9 Å². The lowest BCUT2D eigenvalue weighted by molar-refractivity contribution is 0.0910. The summed E-state index contributed by atoms with van der Waals surface area (Å²) in [5, 5.41) is 3.07. The second-order valence-corrected chi connectivity index (χ2v) is 6.80. The molecule has 1 N–H and O–H groups in total. The number of imidazole rings is 1. The van der Waals surface area contributed by atoms with E-state index in [9.17, 15) is 4.79 Å². The monoisotopic (exact) mass is 325 g/mol. The van der Waals surface area contributed by atoms with Crippen molar-refractivity contribution in [2.45, 2.75) is 45.2 Å². The van der Waals surface area contributed by atoms with E-state index in [4.69, 9.17) is 4.74 Å². The average molecular weight is 325 g/mol. The Morgan fingerprint density at radius 1 is 1.42 bits per heavy atom. The summed E-state index contributed by atoms with van der Waals surface area (Å²) in [6, 6.07) is 7.99. The van der Waals surface area contributed by atoms with Crippen molar-refractivity contribution >= 4 is 5.91 Å². The van der Waals surface area contributed by atoms with E-state index in [1.165, 1.54) is 12.8 Å². The molecule has 3 heterocycles. The van der Waals surface area contributed by atoms with Gasteiger partial charge >= 0.3 is 0 Å². The minimum absolute atomic E-state index is 0.00508. The molecule has 0 saturated carbocycles. The van der Waals surface area contributed by atoms with Crippen molar-refractivity contribution in [3.63, 3.8) is 0 Å². The number of carbonyl (C=O) groups excluding carboxylic acids is 1. The number of fused-ring (bicyclic) bond motifs is 2. The molecule has 0 saturated heterocycles. The predicted octanol–water partition coefficient (Wildman–Crippen LogP) is 2.59. The maximum Gasteiger partial charge on any atom is 0.271 e. The molecule has 2 unspecified atom stereocenters. The molecule has 1 aromatic heterocycles. The van der Waals surface area contributed by atoms with Gasteiger partial charge in [-0.05, 0) is 30.4 Å². The van der Waals surface area contributed by atoms with Gasteiger partial charge in [-0.25, -0.2) is 4.98 Å². The molecule has 0 fully saturated rings. The number of hydrogen-bond donors (Lipinski definition) is 1. The Bertz CT molecular complexity index is 753. The van der Waals surface area contributed by atoms with Gasteiger partial charge in [0.15, 0.2) is 0 Å². The highest BCUT2D eigenvalue weighted by atomic mass is 16.5. The molecule has 2 aliphatic rings. The summed E-state index contributed by atoms with van der Waals surface area (Å²) in [5.41, 5.74) is 1.67. The Morgan fingerprint density at radius 2 is 2.29 bits per heavy atom. The van der Waals surface area contributed by atoms with E-state index in [1.54, 1.807) is 0 Å². The van der Waals surface area contributed by atoms with Crippen molar-refractivity contribution in [1.82, 2.24) is 14.9 Å². The third-order valence-electron chi connectivity index (χ3n) is 5.11. The summed E-state index contributed by atoms with van der Waals surface area (Å²) in [4.78, 5) is 17.1. The maximum atomic E-state index is 12.6. The summed E-state index contributed by atoms with van der Waals surface area (Å²) < 4.78 is 7.89. The van der Waals surface area contributed by atoms with Crippen molar-refractivity contribution in [1.29, 1.82) is 0 Å². The van der Waals surface area contributed by atoms with E-state index < -0.39 is 0 Å². The van der Waals surface area contributed by atoms with Gasteiger partial charge in [0.1, 0.15) is 23.9 Å². The number of nitrogens with one attached hydrogen (secondary N) is 1. The first-order valence-electron chi connectivity index (χ1n) is 8.80. The van der Waals surface area contributed by atoms with Gasteiger partial charge in [0.2, 0.25) is 0 Å². The highest BCUT2D eigenvalue weighted by Gasteiger charge is 2.25. The molecule has 0 bridgehead atoms. The normalized spacial score (nSPS) is 22.2. The number of ether oxygens (including phenoxy) is 1. The standard InChI is InChI=1S/C19H23N3O2/c1-2-13-7-8-18-21-16(11-22(18)10-13)19(23)20-15-9-14-5-3-4-6-17(14)24-12-15/h3-6,11,13,15H,2,7-10,12H2,1H3,(H,20,23). The summed E-state index contributed by atoms with van der Waals surface area (Å²) in [6.45, 7) is 3.71. The highest BCUT2D eigenvalue weighted by Crippen LogP contribution is 2.25. The van der Waals surface area contributed by atoms with Crippen molar-refractivity contribution in [3.05, 3.63) is 47.5 Å². The molecule has 1 aromatic carbocycles. The average Bonchev–Trinajstić information content (AvgIpc) is 3.05. The lowest BCUT2D eigenvalue weighted by Crippen LogP contribution is -2.42. The number of amides is 1. The van der Waals surface area contributed by atoms with Gasteiger partial charge in [0.05, 0.1) is 6.04 Å². The lowest BCUT2D eigenvalue weighted by Gasteiger charge is -2.25. The molecule has 1 amide bonds. The van der Waals surface area contributed by atoms with Crippen LogP contribution in [0, 0.1) is 5.92 Å².